The predicted molar refractivity (Wildman–Crippen MR) is 74.2 cm³/mol. The van der Waals surface area contributed by atoms with Crippen molar-refractivity contribution in [3.05, 3.63) is 23.9 Å². The molecule has 0 radical (unpaired) electrons. The van der Waals surface area contributed by atoms with Crippen LogP contribution in [0, 0.1) is 0 Å². The summed E-state index contributed by atoms with van der Waals surface area (Å²) in [5, 5.41) is 9.11. The lowest BCUT2D eigenvalue weighted by atomic mass is 10.1. The Morgan fingerprint density at radius 3 is 2.90 bits per heavy atom. The van der Waals surface area contributed by atoms with Crippen molar-refractivity contribution in [2.75, 3.05) is 20.1 Å². The second-order valence-electron chi connectivity index (χ2n) is 5.17. The average molecular weight is 275 g/mol. The number of aromatic amines is 1. The highest BCUT2D eigenvalue weighted by atomic mass is 16.5. The number of nitrogens with zero attached hydrogens (tertiary/aromatic N) is 2. The lowest BCUT2D eigenvalue weighted by Crippen LogP contribution is -2.35. The number of nitrogens with one attached hydrogen (secondary N) is 1. The van der Waals surface area contributed by atoms with Crippen LogP contribution in [0.5, 0.6) is 5.88 Å². The molecule has 0 atom stereocenters. The van der Waals surface area contributed by atoms with Crippen LogP contribution in [0.4, 0.5) is 0 Å². The standard InChI is InChI=1S/C14H17N3O3/c1-17-6-4-9(5-7-17)20-12-3-2-11-13(16-12)10(8-15-11)14(18)19/h2-3,8-9,15H,4-7H2,1H3,(H,18,19). The van der Waals surface area contributed by atoms with E-state index in [9.17, 15) is 4.79 Å². The highest BCUT2D eigenvalue weighted by molar-refractivity contribution is 6.01. The molecule has 0 aromatic carbocycles. The lowest BCUT2D eigenvalue weighted by molar-refractivity contribution is 0.0699. The number of hydrogen-bond donors (Lipinski definition) is 2. The van der Waals surface area contributed by atoms with E-state index in [4.69, 9.17) is 9.84 Å². The molecule has 2 aromatic rings. The number of aromatic nitrogens is 2. The number of hydrogen-bond acceptors (Lipinski definition) is 4. The van der Waals surface area contributed by atoms with Gasteiger partial charge in [-0.1, -0.05) is 0 Å². The van der Waals surface area contributed by atoms with E-state index in [1.807, 2.05) is 0 Å². The monoisotopic (exact) mass is 275 g/mol. The molecule has 6 heteroatoms. The largest absolute Gasteiger partial charge is 0.478 e. The number of likely N-dealkylation sites (tertiary alicyclic amines) is 1. The van der Waals surface area contributed by atoms with Crippen LogP contribution in [0.25, 0.3) is 11.0 Å². The van der Waals surface area contributed by atoms with Crippen molar-refractivity contribution in [1.82, 2.24) is 14.9 Å². The zero-order valence-corrected chi connectivity index (χ0v) is 11.3. The van der Waals surface area contributed by atoms with E-state index in [-0.39, 0.29) is 11.7 Å². The number of pyridine rings is 1. The summed E-state index contributed by atoms with van der Waals surface area (Å²) >= 11 is 0. The molecule has 0 amide bonds. The molecule has 0 saturated carbocycles. The lowest BCUT2D eigenvalue weighted by Gasteiger charge is -2.28. The van der Waals surface area contributed by atoms with Gasteiger partial charge in [0.15, 0.2) is 0 Å². The predicted octanol–water partition coefficient (Wildman–Crippen LogP) is 1.73. The maximum Gasteiger partial charge on any atom is 0.339 e. The van der Waals surface area contributed by atoms with Gasteiger partial charge in [0.25, 0.3) is 0 Å². The molecule has 1 aliphatic heterocycles. The quantitative estimate of drug-likeness (QED) is 0.892. The van der Waals surface area contributed by atoms with E-state index < -0.39 is 5.97 Å². The number of ether oxygens (including phenoxy) is 1. The van der Waals surface area contributed by atoms with Crippen LogP contribution < -0.4 is 4.74 Å². The van der Waals surface area contributed by atoms with Crippen molar-refractivity contribution >= 4 is 17.0 Å². The second kappa shape index (κ2) is 5.13. The highest BCUT2D eigenvalue weighted by Gasteiger charge is 2.19. The van der Waals surface area contributed by atoms with Crippen LogP contribution in [-0.4, -0.2) is 52.2 Å². The van der Waals surface area contributed by atoms with Gasteiger partial charge in [-0.25, -0.2) is 9.78 Å². The van der Waals surface area contributed by atoms with Crippen molar-refractivity contribution in [2.24, 2.45) is 0 Å². The summed E-state index contributed by atoms with van der Waals surface area (Å²) in [5.74, 6) is -0.491. The molecular weight excluding hydrogens is 258 g/mol. The van der Waals surface area contributed by atoms with Crippen LogP contribution in [-0.2, 0) is 0 Å². The van der Waals surface area contributed by atoms with E-state index in [2.05, 4.69) is 21.9 Å². The van der Waals surface area contributed by atoms with Gasteiger partial charge in [0, 0.05) is 25.4 Å². The molecule has 0 spiro atoms. The summed E-state index contributed by atoms with van der Waals surface area (Å²) in [4.78, 5) is 20.6. The fourth-order valence-electron chi connectivity index (χ4n) is 2.48. The highest BCUT2D eigenvalue weighted by Crippen LogP contribution is 2.22. The normalized spacial score (nSPS) is 17.4. The third kappa shape index (κ3) is 2.46. The zero-order chi connectivity index (χ0) is 14.1. The topological polar surface area (TPSA) is 78.5 Å². The van der Waals surface area contributed by atoms with Gasteiger partial charge in [-0.2, -0.15) is 0 Å². The Balaban J connectivity index is 1.81. The second-order valence-corrected chi connectivity index (χ2v) is 5.17. The van der Waals surface area contributed by atoms with Crippen LogP contribution in [0.1, 0.15) is 23.2 Å². The number of rotatable bonds is 3. The minimum absolute atomic E-state index is 0.156. The van der Waals surface area contributed by atoms with Crippen molar-refractivity contribution < 1.29 is 14.6 Å². The number of H-pyrrole nitrogens is 1. The van der Waals surface area contributed by atoms with Gasteiger partial charge in [0.2, 0.25) is 5.88 Å². The van der Waals surface area contributed by atoms with Crippen molar-refractivity contribution in [1.29, 1.82) is 0 Å². The van der Waals surface area contributed by atoms with E-state index in [0.29, 0.717) is 16.9 Å². The molecule has 0 unspecified atom stereocenters. The zero-order valence-electron chi connectivity index (χ0n) is 11.3. The number of carbonyl (C=O) groups is 1. The van der Waals surface area contributed by atoms with Gasteiger partial charge in [-0.05, 0) is 26.0 Å². The van der Waals surface area contributed by atoms with Crippen molar-refractivity contribution in [3.63, 3.8) is 0 Å². The number of carboxylic acid groups (broad SMARTS) is 1. The summed E-state index contributed by atoms with van der Waals surface area (Å²) < 4.78 is 5.87. The van der Waals surface area contributed by atoms with Gasteiger partial charge in [-0.3, -0.25) is 0 Å². The van der Waals surface area contributed by atoms with E-state index in [0.717, 1.165) is 25.9 Å². The summed E-state index contributed by atoms with van der Waals surface area (Å²) in [6.45, 7) is 2.02. The molecule has 106 valence electrons. The van der Waals surface area contributed by atoms with Crippen LogP contribution in [0.15, 0.2) is 18.3 Å². The minimum atomic E-state index is -0.986. The Bertz CT molecular complexity index is 630. The minimum Gasteiger partial charge on any atom is -0.478 e. The number of piperidine rings is 1. The van der Waals surface area contributed by atoms with E-state index >= 15 is 0 Å². The summed E-state index contributed by atoms with van der Waals surface area (Å²) in [6, 6.07) is 3.59. The molecule has 20 heavy (non-hydrogen) atoms. The fraction of sp³-hybridized carbons (Fsp3) is 0.429. The molecule has 2 N–H and O–H groups in total. The molecule has 0 aliphatic carbocycles. The third-order valence-corrected chi connectivity index (χ3v) is 3.68. The molecule has 1 aliphatic rings. The fourth-order valence-corrected chi connectivity index (χ4v) is 2.48. The molecule has 1 saturated heterocycles. The van der Waals surface area contributed by atoms with Crippen LogP contribution >= 0.6 is 0 Å². The number of carboxylic acids is 1. The first-order chi connectivity index (χ1) is 9.63. The number of fused-ring (bicyclic) bond motifs is 1. The molecule has 3 heterocycles. The molecule has 2 aromatic heterocycles. The Hall–Kier alpha value is -2.08. The van der Waals surface area contributed by atoms with E-state index in [1.165, 1.54) is 6.20 Å². The first-order valence-corrected chi connectivity index (χ1v) is 6.70. The Kier molecular flexibility index (Phi) is 3.31. The summed E-state index contributed by atoms with van der Waals surface area (Å²) in [6.07, 6.45) is 3.55. The molecule has 3 rings (SSSR count). The van der Waals surface area contributed by atoms with Gasteiger partial charge < -0.3 is 19.7 Å². The third-order valence-electron chi connectivity index (χ3n) is 3.68. The van der Waals surface area contributed by atoms with Gasteiger partial charge in [0.1, 0.15) is 17.2 Å². The first-order valence-electron chi connectivity index (χ1n) is 6.70. The maximum absolute atomic E-state index is 11.1. The van der Waals surface area contributed by atoms with Gasteiger partial charge in [0.05, 0.1) is 5.52 Å². The van der Waals surface area contributed by atoms with Crippen molar-refractivity contribution in [3.8, 4) is 5.88 Å². The maximum atomic E-state index is 11.1. The summed E-state index contributed by atoms with van der Waals surface area (Å²) in [7, 11) is 2.10. The smallest absolute Gasteiger partial charge is 0.339 e. The molecular formula is C14H17N3O3. The Labute approximate surface area is 116 Å². The SMILES string of the molecule is CN1CCC(Oc2ccc3[nH]cc(C(=O)O)c3n2)CC1. The van der Waals surface area contributed by atoms with Crippen LogP contribution in [0.2, 0.25) is 0 Å². The molecule has 0 bridgehead atoms. The Morgan fingerprint density at radius 2 is 2.20 bits per heavy atom. The Morgan fingerprint density at radius 1 is 1.45 bits per heavy atom. The van der Waals surface area contributed by atoms with Gasteiger partial charge in [-0.15, -0.1) is 0 Å². The molecule has 6 nitrogen and oxygen atoms in total. The van der Waals surface area contributed by atoms with Gasteiger partial charge >= 0.3 is 5.97 Å². The summed E-state index contributed by atoms with van der Waals surface area (Å²) in [5.41, 5.74) is 1.33. The first kappa shape index (κ1) is 12.9. The molecule has 1 fully saturated rings. The van der Waals surface area contributed by atoms with Crippen molar-refractivity contribution in [2.45, 2.75) is 18.9 Å². The average Bonchev–Trinajstić information content (AvgIpc) is 2.84. The van der Waals surface area contributed by atoms with Crippen LogP contribution in [0.3, 0.4) is 0 Å². The van der Waals surface area contributed by atoms with E-state index in [1.54, 1.807) is 12.1 Å². The number of aromatic carboxylic acids is 1.